The molecule has 0 fully saturated rings. The Bertz CT molecular complexity index is 1890. The van der Waals surface area contributed by atoms with Crippen LogP contribution in [0.5, 0.6) is 0 Å². The van der Waals surface area contributed by atoms with Crippen LogP contribution in [0.3, 0.4) is 0 Å². The fourth-order valence-electron chi connectivity index (χ4n) is 5.16. The highest BCUT2D eigenvalue weighted by atomic mass is 32.1. The van der Waals surface area contributed by atoms with Gasteiger partial charge in [-0.2, -0.15) is 0 Å². The number of aromatic nitrogens is 2. The number of pyridine rings is 2. The van der Waals surface area contributed by atoms with Gasteiger partial charge in [0.15, 0.2) is 0 Å². The molecule has 0 radical (unpaired) electrons. The van der Waals surface area contributed by atoms with Gasteiger partial charge in [0.1, 0.15) is 0 Å². The number of hydrogen-bond acceptors (Lipinski definition) is 3. The van der Waals surface area contributed by atoms with E-state index in [1.54, 1.807) is 0 Å². The van der Waals surface area contributed by atoms with Gasteiger partial charge in [0.25, 0.3) is 0 Å². The molecule has 0 saturated carbocycles. The van der Waals surface area contributed by atoms with Gasteiger partial charge in [-0.15, -0.1) is 11.3 Å². The van der Waals surface area contributed by atoms with Crippen LogP contribution in [0.25, 0.3) is 53.8 Å². The van der Waals surface area contributed by atoms with Crippen LogP contribution in [-0.2, 0) is 6.42 Å². The topological polar surface area (TPSA) is 25.8 Å². The van der Waals surface area contributed by atoms with E-state index in [0.29, 0.717) is 0 Å². The summed E-state index contributed by atoms with van der Waals surface area (Å²) in [6.07, 6.45) is 2.61. The molecule has 0 unspecified atom stereocenters. The van der Waals surface area contributed by atoms with Crippen molar-refractivity contribution in [3.05, 3.63) is 145 Å². The zero-order valence-corrected chi connectivity index (χ0v) is 21.5. The summed E-state index contributed by atoms with van der Waals surface area (Å²) in [6.45, 7) is 0. The number of rotatable bonds is 5. The molecule has 0 spiro atoms. The Morgan fingerprint density at radius 1 is 0.553 bits per heavy atom. The lowest BCUT2D eigenvalue weighted by Crippen LogP contribution is -1.96. The molecule has 3 heteroatoms. The Kier molecular flexibility index (Phi) is 5.76. The van der Waals surface area contributed by atoms with Crippen molar-refractivity contribution in [2.75, 3.05) is 0 Å². The number of fused-ring (bicyclic) bond motifs is 3. The normalized spacial score (nSPS) is 11.3. The molecule has 0 saturated heterocycles. The Morgan fingerprint density at radius 2 is 1.32 bits per heavy atom. The van der Waals surface area contributed by atoms with Crippen LogP contribution in [0.2, 0.25) is 0 Å². The smallest absolute Gasteiger partial charge is 0.0705 e. The van der Waals surface area contributed by atoms with Crippen LogP contribution >= 0.6 is 11.3 Å². The van der Waals surface area contributed by atoms with E-state index >= 15 is 0 Å². The molecule has 0 aliphatic heterocycles. The molecule has 0 aliphatic rings. The van der Waals surface area contributed by atoms with E-state index < -0.39 is 0 Å². The maximum absolute atomic E-state index is 5.01. The van der Waals surface area contributed by atoms with Crippen LogP contribution in [0, 0.1) is 0 Å². The molecule has 38 heavy (non-hydrogen) atoms. The Morgan fingerprint density at radius 3 is 2.21 bits per heavy atom. The van der Waals surface area contributed by atoms with E-state index in [4.69, 9.17) is 4.98 Å². The number of benzene rings is 4. The summed E-state index contributed by atoms with van der Waals surface area (Å²) in [6, 6.07) is 44.9. The van der Waals surface area contributed by atoms with Gasteiger partial charge >= 0.3 is 0 Å². The summed E-state index contributed by atoms with van der Waals surface area (Å²) >= 11 is 1.87. The SMILES string of the molecule is c1ccc(-c2cccc(Cc3cc(-c4ccccn4)cc(-c4cccc5c4sc4ccccc45)c3)n2)cc1. The molecule has 4 aromatic carbocycles. The molecule has 180 valence electrons. The van der Waals surface area contributed by atoms with Crippen molar-refractivity contribution in [2.24, 2.45) is 0 Å². The first-order valence-electron chi connectivity index (χ1n) is 12.8. The third-order valence-corrected chi connectivity index (χ3v) is 8.15. The molecular weight excluding hydrogens is 480 g/mol. The summed E-state index contributed by atoms with van der Waals surface area (Å²) < 4.78 is 2.64. The number of thiophene rings is 1. The highest BCUT2D eigenvalue weighted by Gasteiger charge is 2.13. The first kappa shape index (κ1) is 22.6. The zero-order valence-electron chi connectivity index (χ0n) is 20.7. The van der Waals surface area contributed by atoms with Crippen molar-refractivity contribution in [1.82, 2.24) is 9.97 Å². The monoisotopic (exact) mass is 504 g/mol. The summed E-state index contributed by atoms with van der Waals surface area (Å²) in [7, 11) is 0. The minimum absolute atomic E-state index is 0.747. The Labute approximate surface area is 225 Å². The first-order chi connectivity index (χ1) is 18.8. The molecule has 7 rings (SSSR count). The van der Waals surface area contributed by atoms with E-state index in [9.17, 15) is 0 Å². The molecule has 2 nitrogen and oxygen atoms in total. The maximum atomic E-state index is 5.01. The minimum Gasteiger partial charge on any atom is -0.256 e. The lowest BCUT2D eigenvalue weighted by molar-refractivity contribution is 1.08. The summed E-state index contributed by atoms with van der Waals surface area (Å²) in [5.41, 5.74) is 8.97. The second kappa shape index (κ2) is 9.70. The molecule has 0 amide bonds. The van der Waals surface area contributed by atoms with Crippen molar-refractivity contribution in [2.45, 2.75) is 6.42 Å². The average Bonchev–Trinajstić information content (AvgIpc) is 3.37. The van der Waals surface area contributed by atoms with E-state index in [0.717, 1.165) is 34.6 Å². The lowest BCUT2D eigenvalue weighted by atomic mass is 9.95. The third-order valence-electron chi connectivity index (χ3n) is 6.93. The molecule has 7 aromatic rings. The maximum Gasteiger partial charge on any atom is 0.0705 e. The summed E-state index contributed by atoms with van der Waals surface area (Å²) in [4.78, 5) is 9.68. The van der Waals surface area contributed by atoms with Gasteiger partial charge in [-0.05, 0) is 59.2 Å². The van der Waals surface area contributed by atoms with Crippen LogP contribution in [0.4, 0.5) is 0 Å². The minimum atomic E-state index is 0.747. The third kappa shape index (κ3) is 4.27. The molecular formula is C35H24N2S. The second-order valence-electron chi connectivity index (χ2n) is 9.47. The van der Waals surface area contributed by atoms with Crippen LogP contribution < -0.4 is 0 Å². The van der Waals surface area contributed by atoms with Crippen molar-refractivity contribution in [3.8, 4) is 33.6 Å². The zero-order chi connectivity index (χ0) is 25.3. The molecule has 3 heterocycles. The van der Waals surface area contributed by atoms with Gasteiger partial charge in [-0.3, -0.25) is 9.97 Å². The molecule has 0 N–H and O–H groups in total. The highest BCUT2D eigenvalue weighted by Crippen LogP contribution is 2.41. The standard InChI is InChI=1S/C35H24N2S/c1-2-10-25(11-3-1)33-17-8-12-28(37-33)22-24-20-26(23-27(21-24)32-16-6-7-19-36-32)29-14-9-15-31-30-13-4-5-18-34(30)38-35(29)31/h1-21,23H,22H2. The van der Waals surface area contributed by atoms with Crippen molar-refractivity contribution < 1.29 is 0 Å². The largest absolute Gasteiger partial charge is 0.256 e. The van der Waals surface area contributed by atoms with Crippen LogP contribution in [0.1, 0.15) is 11.3 Å². The number of nitrogens with zero attached hydrogens (tertiary/aromatic N) is 2. The fraction of sp³-hybridized carbons (Fsp3) is 0.0286. The highest BCUT2D eigenvalue weighted by molar-refractivity contribution is 7.26. The van der Waals surface area contributed by atoms with Gasteiger partial charge in [0.05, 0.1) is 11.4 Å². The molecule has 0 atom stereocenters. The Hall–Kier alpha value is -4.60. The van der Waals surface area contributed by atoms with Crippen LogP contribution in [0.15, 0.2) is 134 Å². The average molecular weight is 505 g/mol. The van der Waals surface area contributed by atoms with Crippen molar-refractivity contribution in [3.63, 3.8) is 0 Å². The van der Waals surface area contributed by atoms with Gasteiger partial charge in [0.2, 0.25) is 0 Å². The van der Waals surface area contributed by atoms with E-state index in [1.165, 1.54) is 36.9 Å². The van der Waals surface area contributed by atoms with Crippen molar-refractivity contribution >= 4 is 31.5 Å². The van der Waals surface area contributed by atoms with Gasteiger partial charge in [-0.25, -0.2) is 0 Å². The Balaban J connectivity index is 1.37. The number of hydrogen-bond donors (Lipinski definition) is 0. The summed E-state index contributed by atoms with van der Waals surface area (Å²) in [5, 5.41) is 2.63. The lowest BCUT2D eigenvalue weighted by Gasteiger charge is -2.12. The second-order valence-corrected chi connectivity index (χ2v) is 10.5. The predicted octanol–water partition coefficient (Wildman–Crippen LogP) is 9.44. The first-order valence-corrected chi connectivity index (χ1v) is 13.6. The fourth-order valence-corrected chi connectivity index (χ4v) is 6.40. The molecule has 3 aromatic heterocycles. The van der Waals surface area contributed by atoms with Gasteiger partial charge in [0, 0.05) is 49.6 Å². The quantitative estimate of drug-likeness (QED) is 0.233. The molecule has 0 bridgehead atoms. The van der Waals surface area contributed by atoms with Gasteiger partial charge < -0.3 is 0 Å². The predicted molar refractivity (Wildman–Crippen MR) is 160 cm³/mol. The molecule has 0 aliphatic carbocycles. The van der Waals surface area contributed by atoms with E-state index in [2.05, 4.69) is 114 Å². The summed E-state index contributed by atoms with van der Waals surface area (Å²) in [5.74, 6) is 0. The van der Waals surface area contributed by atoms with E-state index in [1.807, 2.05) is 35.7 Å². The van der Waals surface area contributed by atoms with E-state index in [-0.39, 0.29) is 0 Å². The van der Waals surface area contributed by atoms with Crippen LogP contribution in [-0.4, -0.2) is 9.97 Å². The van der Waals surface area contributed by atoms with Crippen molar-refractivity contribution in [1.29, 1.82) is 0 Å². The van der Waals surface area contributed by atoms with Gasteiger partial charge in [-0.1, -0.05) is 84.9 Å².